The van der Waals surface area contributed by atoms with E-state index in [0.717, 1.165) is 11.8 Å². The number of methoxy groups -OCH3 is 2. The maximum Gasteiger partial charge on any atom is 0.294 e. The number of imide groups is 1. The summed E-state index contributed by atoms with van der Waals surface area (Å²) in [5.41, 5.74) is 0.693. The van der Waals surface area contributed by atoms with Crippen LogP contribution in [0.2, 0.25) is 0 Å². The van der Waals surface area contributed by atoms with E-state index in [1.807, 2.05) is 4.90 Å². The van der Waals surface area contributed by atoms with E-state index in [1.165, 1.54) is 4.90 Å². The molecular formula is C17H20N2O5S. The van der Waals surface area contributed by atoms with Crippen LogP contribution in [0.1, 0.15) is 5.56 Å². The molecule has 1 aromatic carbocycles. The van der Waals surface area contributed by atoms with Crippen LogP contribution in [0.4, 0.5) is 4.79 Å². The van der Waals surface area contributed by atoms with Crippen LogP contribution in [-0.4, -0.2) is 68.1 Å². The average molecular weight is 364 g/mol. The highest BCUT2D eigenvalue weighted by Crippen LogP contribution is 2.35. The van der Waals surface area contributed by atoms with Crippen LogP contribution in [-0.2, 0) is 9.53 Å². The highest BCUT2D eigenvalue weighted by Gasteiger charge is 2.36. The van der Waals surface area contributed by atoms with E-state index in [2.05, 4.69) is 0 Å². The van der Waals surface area contributed by atoms with Gasteiger partial charge < -0.3 is 14.2 Å². The summed E-state index contributed by atoms with van der Waals surface area (Å²) >= 11 is 0.942. The van der Waals surface area contributed by atoms with Crippen LogP contribution < -0.4 is 9.47 Å². The molecule has 0 aromatic heterocycles. The third-order valence-electron chi connectivity index (χ3n) is 4.04. The SMILES string of the molecule is COc1ccc(OC)c(/C=C2\SC(=O)N(CN3CCOCC3)C2=O)c1. The number of hydrogen-bond donors (Lipinski definition) is 0. The zero-order chi connectivity index (χ0) is 17.8. The van der Waals surface area contributed by atoms with Crippen molar-refractivity contribution in [3.05, 3.63) is 28.7 Å². The molecule has 0 atom stereocenters. The van der Waals surface area contributed by atoms with Crippen molar-refractivity contribution >= 4 is 29.0 Å². The largest absolute Gasteiger partial charge is 0.497 e. The first kappa shape index (κ1) is 17.8. The molecule has 2 saturated heterocycles. The summed E-state index contributed by atoms with van der Waals surface area (Å²) in [6, 6.07) is 5.32. The fourth-order valence-corrected chi connectivity index (χ4v) is 3.48. The zero-order valence-electron chi connectivity index (χ0n) is 14.2. The van der Waals surface area contributed by atoms with Gasteiger partial charge in [-0.2, -0.15) is 0 Å². The minimum absolute atomic E-state index is 0.260. The summed E-state index contributed by atoms with van der Waals surface area (Å²) < 4.78 is 15.8. The molecule has 25 heavy (non-hydrogen) atoms. The fraction of sp³-hybridized carbons (Fsp3) is 0.412. The Balaban J connectivity index is 1.80. The molecule has 0 radical (unpaired) electrons. The van der Waals surface area contributed by atoms with Gasteiger partial charge in [-0.15, -0.1) is 0 Å². The Morgan fingerprint density at radius 1 is 1.20 bits per heavy atom. The lowest BCUT2D eigenvalue weighted by atomic mass is 10.1. The van der Waals surface area contributed by atoms with E-state index in [-0.39, 0.29) is 11.1 Å². The van der Waals surface area contributed by atoms with Gasteiger partial charge in [0.2, 0.25) is 0 Å². The standard InChI is InChI=1S/C17H20N2O5S/c1-22-13-3-4-14(23-2)12(9-13)10-15-16(20)19(17(21)25-15)11-18-5-7-24-8-6-18/h3-4,9-10H,5-8,11H2,1-2H3/b15-10-. The highest BCUT2D eigenvalue weighted by molar-refractivity contribution is 8.18. The van der Waals surface area contributed by atoms with Crippen molar-refractivity contribution in [3.63, 3.8) is 0 Å². The molecule has 0 unspecified atom stereocenters. The van der Waals surface area contributed by atoms with E-state index >= 15 is 0 Å². The van der Waals surface area contributed by atoms with E-state index in [0.29, 0.717) is 54.9 Å². The van der Waals surface area contributed by atoms with Crippen molar-refractivity contribution in [1.82, 2.24) is 9.80 Å². The van der Waals surface area contributed by atoms with Gasteiger partial charge in [0.15, 0.2) is 0 Å². The van der Waals surface area contributed by atoms with Crippen LogP contribution in [0.25, 0.3) is 6.08 Å². The molecule has 2 amide bonds. The van der Waals surface area contributed by atoms with Crippen molar-refractivity contribution in [3.8, 4) is 11.5 Å². The first-order valence-corrected chi connectivity index (χ1v) is 8.71. The molecular weight excluding hydrogens is 344 g/mol. The molecule has 3 rings (SSSR count). The van der Waals surface area contributed by atoms with Crippen molar-refractivity contribution in [2.45, 2.75) is 0 Å². The van der Waals surface area contributed by atoms with Gasteiger partial charge in [0.25, 0.3) is 11.1 Å². The molecule has 2 fully saturated rings. The number of hydrogen-bond acceptors (Lipinski definition) is 7. The maximum absolute atomic E-state index is 12.6. The summed E-state index contributed by atoms with van der Waals surface area (Å²) in [6.07, 6.45) is 1.67. The number of ether oxygens (including phenoxy) is 3. The van der Waals surface area contributed by atoms with Gasteiger partial charge in [-0.05, 0) is 36.0 Å². The quantitative estimate of drug-likeness (QED) is 0.741. The predicted molar refractivity (Wildman–Crippen MR) is 94.6 cm³/mol. The second-order valence-electron chi connectivity index (χ2n) is 5.59. The van der Waals surface area contributed by atoms with Gasteiger partial charge in [0, 0.05) is 18.7 Å². The van der Waals surface area contributed by atoms with Gasteiger partial charge in [0.1, 0.15) is 11.5 Å². The normalized spacial score (nSPS) is 20.4. The highest BCUT2D eigenvalue weighted by atomic mass is 32.2. The van der Waals surface area contributed by atoms with Gasteiger partial charge in [-0.25, -0.2) is 0 Å². The van der Waals surface area contributed by atoms with E-state index in [1.54, 1.807) is 38.5 Å². The van der Waals surface area contributed by atoms with Crippen molar-refractivity contribution in [1.29, 1.82) is 0 Å². The lowest BCUT2D eigenvalue weighted by Crippen LogP contribution is -2.45. The topological polar surface area (TPSA) is 68.3 Å². The lowest BCUT2D eigenvalue weighted by molar-refractivity contribution is -0.125. The molecule has 0 spiro atoms. The van der Waals surface area contributed by atoms with Crippen LogP contribution in [0.15, 0.2) is 23.1 Å². The molecule has 0 N–H and O–H groups in total. The monoisotopic (exact) mass is 364 g/mol. The number of nitrogens with zero attached hydrogens (tertiary/aromatic N) is 2. The zero-order valence-corrected chi connectivity index (χ0v) is 15.0. The van der Waals surface area contributed by atoms with Crippen LogP contribution in [0.3, 0.4) is 0 Å². The molecule has 0 aliphatic carbocycles. The Labute approximate surface area is 150 Å². The minimum atomic E-state index is -0.286. The van der Waals surface area contributed by atoms with Gasteiger partial charge in [0.05, 0.1) is 39.0 Å². The van der Waals surface area contributed by atoms with Gasteiger partial charge >= 0.3 is 0 Å². The molecule has 8 heteroatoms. The van der Waals surface area contributed by atoms with Crippen LogP contribution in [0.5, 0.6) is 11.5 Å². The van der Waals surface area contributed by atoms with E-state index in [9.17, 15) is 9.59 Å². The molecule has 0 saturated carbocycles. The Hall–Kier alpha value is -2.03. The Kier molecular flexibility index (Phi) is 5.62. The van der Waals surface area contributed by atoms with E-state index in [4.69, 9.17) is 14.2 Å². The van der Waals surface area contributed by atoms with Gasteiger partial charge in [-0.1, -0.05) is 0 Å². The minimum Gasteiger partial charge on any atom is -0.497 e. The molecule has 2 aliphatic rings. The molecule has 7 nitrogen and oxygen atoms in total. The smallest absolute Gasteiger partial charge is 0.294 e. The Bertz CT molecular complexity index is 700. The Morgan fingerprint density at radius 2 is 1.96 bits per heavy atom. The molecule has 0 bridgehead atoms. The van der Waals surface area contributed by atoms with Gasteiger partial charge in [-0.3, -0.25) is 19.4 Å². The predicted octanol–water partition coefficient (Wildman–Crippen LogP) is 2.03. The molecule has 2 aliphatic heterocycles. The summed E-state index contributed by atoms with van der Waals surface area (Å²) in [4.78, 5) is 28.6. The number of thioether (sulfide) groups is 1. The van der Waals surface area contributed by atoms with Crippen molar-refractivity contribution in [2.24, 2.45) is 0 Å². The first-order valence-electron chi connectivity index (χ1n) is 7.90. The fourth-order valence-electron chi connectivity index (χ4n) is 2.66. The number of rotatable bonds is 5. The van der Waals surface area contributed by atoms with E-state index < -0.39 is 0 Å². The molecule has 1 aromatic rings. The first-order chi connectivity index (χ1) is 12.1. The second-order valence-corrected chi connectivity index (χ2v) is 6.58. The number of benzene rings is 1. The average Bonchev–Trinajstić information content (AvgIpc) is 2.90. The third kappa shape index (κ3) is 3.97. The number of carbonyl (C=O) groups excluding carboxylic acids is 2. The number of amides is 2. The van der Waals surface area contributed by atoms with Crippen molar-refractivity contribution in [2.75, 3.05) is 47.2 Å². The number of morpholine rings is 1. The second kappa shape index (κ2) is 7.90. The number of carbonyl (C=O) groups is 2. The molecule has 2 heterocycles. The van der Waals surface area contributed by atoms with Crippen molar-refractivity contribution < 1.29 is 23.8 Å². The Morgan fingerprint density at radius 3 is 2.64 bits per heavy atom. The summed E-state index contributed by atoms with van der Waals surface area (Å²) in [6.45, 7) is 2.95. The summed E-state index contributed by atoms with van der Waals surface area (Å²) in [5.74, 6) is 0.978. The lowest BCUT2D eigenvalue weighted by Gasteiger charge is -2.29. The van der Waals surface area contributed by atoms with Crippen LogP contribution in [0, 0.1) is 0 Å². The molecule has 134 valence electrons. The van der Waals surface area contributed by atoms with Crippen LogP contribution >= 0.6 is 11.8 Å². The summed E-state index contributed by atoms with van der Waals surface area (Å²) in [7, 11) is 3.13. The maximum atomic E-state index is 12.6. The summed E-state index contributed by atoms with van der Waals surface area (Å²) in [5, 5.41) is -0.260. The third-order valence-corrected chi connectivity index (χ3v) is 4.95.